The van der Waals surface area contributed by atoms with Gasteiger partial charge >= 0.3 is 0 Å². The van der Waals surface area contributed by atoms with E-state index in [1.807, 2.05) is 42.5 Å². The number of carbonyl (C=O) groups is 4. The fourth-order valence-corrected chi connectivity index (χ4v) is 16.9. The second-order valence-electron chi connectivity index (χ2n) is 28.5. The van der Waals surface area contributed by atoms with Gasteiger partial charge in [-0.3, -0.25) is 19.2 Å². The number of ether oxygens (including phenoxy) is 6. The first kappa shape index (κ1) is 82.1. The molecule has 8 rings (SSSR count). The number of unbranched alkanes of at least 4 members (excludes halogenated alkanes) is 24. The third kappa shape index (κ3) is 24.2. The highest BCUT2D eigenvalue weighted by Gasteiger charge is 2.51. The number of amides is 4. The van der Waals surface area contributed by atoms with E-state index in [4.69, 9.17) is 28.4 Å². The number of fused-ring (bicyclic) bond motifs is 2. The molecule has 0 radical (unpaired) electrons. The van der Waals surface area contributed by atoms with Crippen molar-refractivity contribution in [2.24, 2.45) is 11.8 Å². The van der Waals surface area contributed by atoms with Gasteiger partial charge in [-0.1, -0.05) is 268 Å². The van der Waals surface area contributed by atoms with Gasteiger partial charge in [0.05, 0.1) is 121 Å². The molecule has 16 heteroatoms. The summed E-state index contributed by atoms with van der Waals surface area (Å²) in [5.74, 6) is 0.00957. The van der Waals surface area contributed by atoms with Crippen LogP contribution < -0.4 is 0 Å². The lowest BCUT2D eigenvalue weighted by Gasteiger charge is -2.29. The zero-order chi connectivity index (χ0) is 71.9. The smallest absolute Gasteiger partial charge is 0.261 e. The van der Waals surface area contributed by atoms with Crippen LogP contribution in [0.5, 0.6) is 0 Å². The monoisotopic (exact) mass is 1440 g/mol. The highest BCUT2D eigenvalue weighted by molar-refractivity contribution is 7.16. The van der Waals surface area contributed by atoms with Crippen LogP contribution in [0.25, 0.3) is 33.2 Å². The third-order valence-corrected chi connectivity index (χ3v) is 22.7. The van der Waals surface area contributed by atoms with Crippen molar-refractivity contribution < 1.29 is 47.6 Å². The molecular formula is C86H126N4O10S2. The van der Waals surface area contributed by atoms with Gasteiger partial charge in [0.2, 0.25) is 0 Å². The van der Waals surface area contributed by atoms with Gasteiger partial charge in [-0.25, -0.2) is 0 Å². The van der Waals surface area contributed by atoms with Crippen LogP contribution in [0.15, 0.2) is 107 Å². The van der Waals surface area contributed by atoms with Gasteiger partial charge in [0, 0.05) is 45.3 Å². The Hall–Kier alpha value is -5.56. The Morgan fingerprint density at radius 3 is 1.04 bits per heavy atom. The minimum absolute atomic E-state index is 0.0383. The summed E-state index contributed by atoms with van der Waals surface area (Å²) in [5, 5.41) is 2.09. The van der Waals surface area contributed by atoms with Crippen molar-refractivity contribution in [3.8, 4) is 10.4 Å². The molecule has 6 heterocycles. The number of rotatable bonds is 59. The summed E-state index contributed by atoms with van der Waals surface area (Å²) in [5.41, 5.74) is 6.96. The van der Waals surface area contributed by atoms with Crippen LogP contribution >= 0.6 is 22.7 Å². The molecule has 0 bridgehead atoms. The number of thiophene rings is 2. The van der Waals surface area contributed by atoms with Gasteiger partial charge in [0.25, 0.3) is 23.6 Å². The van der Waals surface area contributed by atoms with Crippen LogP contribution in [-0.4, -0.2) is 150 Å². The largest absolute Gasteiger partial charge is 0.382 e. The van der Waals surface area contributed by atoms with Gasteiger partial charge < -0.3 is 48.0 Å². The Morgan fingerprint density at radius 2 is 0.647 bits per heavy atom. The molecule has 4 aliphatic heterocycles. The van der Waals surface area contributed by atoms with E-state index in [9.17, 15) is 0 Å². The van der Waals surface area contributed by atoms with Gasteiger partial charge in [-0.2, -0.15) is 0 Å². The molecule has 0 saturated heterocycles. The second-order valence-corrected chi connectivity index (χ2v) is 30.6. The van der Waals surface area contributed by atoms with E-state index in [1.54, 1.807) is 46.7 Å². The van der Waals surface area contributed by atoms with Crippen molar-refractivity contribution in [2.45, 2.75) is 233 Å². The van der Waals surface area contributed by atoms with Crippen molar-refractivity contribution in [1.29, 1.82) is 0 Å². The number of nitrogens with zero attached hydrogens (tertiary/aromatic N) is 4. The van der Waals surface area contributed by atoms with Crippen molar-refractivity contribution in [3.63, 3.8) is 0 Å². The predicted octanol–water partition coefficient (Wildman–Crippen LogP) is 20.2. The standard InChI is InChI=1S/C86H126N4O10S2/c1-7-11-15-19-23-25-29-34-41-67(39-32-27-21-17-13-9-3)65-89-81(73-45-38-64-101-73)77-78(86(89)94)82(90(85(77)93)66-68(40-33-28-22-18-14-10-4)42-35-30-26-24-20-16-12-8-2)74-51-50-72(102-74)69-46-48-71(49-47-69)80-76-75(83(91)88(80)53-55-98-61-63-100-59-57-96-6)79(70-43-36-31-37-44-70)87(84(76)92)52-54-97-60-62-99-58-56-95-5/h31,36-38,43-51,64,67-68H,7-30,32-35,39-42,52-63,65-66H2,1-6H3. The zero-order valence-corrected chi connectivity index (χ0v) is 65.1. The van der Waals surface area contributed by atoms with E-state index in [2.05, 4.69) is 79.3 Å². The molecule has 2 unspecified atom stereocenters. The number of hydrogen-bond acceptors (Lipinski definition) is 12. The molecule has 4 aliphatic rings. The maximum Gasteiger partial charge on any atom is 0.261 e. The number of carbonyl (C=O) groups excluding carboxylic acids is 4. The van der Waals surface area contributed by atoms with Gasteiger partial charge in [-0.05, 0) is 77.8 Å². The molecule has 14 nitrogen and oxygen atoms in total. The number of benzene rings is 2. The first-order valence-electron chi connectivity index (χ1n) is 40.0. The molecule has 0 N–H and O–H groups in total. The summed E-state index contributed by atoms with van der Waals surface area (Å²) in [6.45, 7) is 14.5. The lowest BCUT2D eigenvalue weighted by molar-refractivity contribution is -0.124. The summed E-state index contributed by atoms with van der Waals surface area (Å²) in [6.07, 6.45) is 39.1. The quantitative estimate of drug-likeness (QED) is 0.0393. The minimum atomic E-state index is -0.265. The van der Waals surface area contributed by atoms with Crippen LogP contribution in [-0.2, 0) is 47.6 Å². The predicted molar refractivity (Wildman–Crippen MR) is 419 cm³/mol. The minimum Gasteiger partial charge on any atom is -0.382 e. The van der Waals surface area contributed by atoms with Gasteiger partial charge in [0.15, 0.2) is 0 Å². The summed E-state index contributed by atoms with van der Waals surface area (Å²) >= 11 is 3.26. The van der Waals surface area contributed by atoms with Crippen LogP contribution in [0.1, 0.15) is 254 Å². The normalized spacial score (nSPS) is 15.4. The Bertz CT molecular complexity index is 3240. The molecule has 0 saturated carbocycles. The maximum atomic E-state index is 16.1. The molecule has 4 amide bonds. The van der Waals surface area contributed by atoms with E-state index in [-0.39, 0.29) is 49.9 Å². The summed E-state index contributed by atoms with van der Waals surface area (Å²) in [7, 11) is 3.28. The second kappa shape index (κ2) is 47.1. The Labute approximate surface area is 622 Å². The molecule has 2 aromatic carbocycles. The van der Waals surface area contributed by atoms with E-state index in [1.165, 1.54) is 154 Å². The fourth-order valence-electron chi connectivity index (χ4n) is 15.1. The average molecular weight is 1440 g/mol. The third-order valence-electron chi connectivity index (χ3n) is 20.7. The van der Waals surface area contributed by atoms with Crippen LogP contribution in [0.3, 0.4) is 0 Å². The molecule has 0 fully saturated rings. The van der Waals surface area contributed by atoms with Gasteiger partial charge in [0.1, 0.15) is 0 Å². The van der Waals surface area contributed by atoms with Crippen molar-refractivity contribution >= 4 is 69.1 Å². The number of methoxy groups -OCH3 is 2. The summed E-state index contributed by atoms with van der Waals surface area (Å²) < 4.78 is 33.7. The van der Waals surface area contributed by atoms with Crippen molar-refractivity contribution in [1.82, 2.24) is 19.6 Å². The topological polar surface area (TPSA) is 137 Å². The summed E-state index contributed by atoms with van der Waals surface area (Å²) in [4.78, 5) is 73.1. The maximum absolute atomic E-state index is 16.1. The van der Waals surface area contributed by atoms with E-state index >= 15 is 19.2 Å². The number of hydrogen-bond donors (Lipinski definition) is 0. The highest BCUT2D eigenvalue weighted by atomic mass is 32.1. The van der Waals surface area contributed by atoms with E-state index in [0.29, 0.717) is 111 Å². The van der Waals surface area contributed by atoms with Crippen LogP contribution in [0.2, 0.25) is 0 Å². The fraction of sp³-hybridized carbons (Fsp3) is 0.628. The first-order chi connectivity index (χ1) is 50.2. The highest BCUT2D eigenvalue weighted by Crippen LogP contribution is 2.51. The molecule has 2 atom stereocenters. The SMILES string of the molecule is CCCCCCCCCCC(CCCCCCCC)CN1C(=O)C2=C(c3ccc(-c4ccc(C5=C6C(=O)N(CCOCCOCCOC)C(c7ccccc7)=C6C(=O)N5CCOCCOCCOC)cc4)s3)N(CC(CCCCCCCC)CCCCCCCCCC)C(=O)C2=C1c1cccs1. The molecule has 2 aromatic heterocycles. The molecule has 0 aliphatic carbocycles. The van der Waals surface area contributed by atoms with Crippen LogP contribution in [0.4, 0.5) is 0 Å². The molecule has 102 heavy (non-hydrogen) atoms. The Morgan fingerprint density at radius 1 is 0.314 bits per heavy atom. The van der Waals surface area contributed by atoms with Gasteiger partial charge in [-0.15, -0.1) is 22.7 Å². The first-order valence-corrected chi connectivity index (χ1v) is 41.7. The van der Waals surface area contributed by atoms with E-state index < -0.39 is 0 Å². The average Bonchev–Trinajstić information content (AvgIpc) is 1.57. The molecular weight excluding hydrogens is 1310 g/mol. The zero-order valence-electron chi connectivity index (χ0n) is 63.5. The summed E-state index contributed by atoms with van der Waals surface area (Å²) in [6, 6.07) is 26.3. The lowest BCUT2D eigenvalue weighted by atomic mass is 9.93. The van der Waals surface area contributed by atoms with Crippen LogP contribution in [0, 0.1) is 11.8 Å². The van der Waals surface area contributed by atoms with E-state index in [0.717, 1.165) is 94.1 Å². The Balaban J connectivity index is 1.15. The molecule has 562 valence electrons. The van der Waals surface area contributed by atoms with Crippen molar-refractivity contribution in [2.75, 3.05) is 106 Å². The van der Waals surface area contributed by atoms with Crippen molar-refractivity contribution in [3.05, 3.63) is 127 Å². The lowest BCUT2D eigenvalue weighted by Crippen LogP contribution is -2.34. The molecule has 4 aromatic rings. The Kier molecular flexibility index (Phi) is 37.9. The molecule has 0 spiro atoms.